The molecule has 6 nitrogen and oxygen atoms in total. The van der Waals surface area contributed by atoms with E-state index in [2.05, 4.69) is 10.3 Å². The molecule has 2 aromatic rings. The van der Waals surface area contributed by atoms with Crippen molar-refractivity contribution in [2.24, 2.45) is 0 Å². The van der Waals surface area contributed by atoms with Gasteiger partial charge in [0.25, 0.3) is 0 Å². The number of hydrogen-bond donors (Lipinski definition) is 2. The van der Waals surface area contributed by atoms with Gasteiger partial charge in [0.2, 0.25) is 5.91 Å². The molecule has 0 atom stereocenters. The number of thiazole rings is 1. The SMILES string of the molecule is COc1ccc(CCC(=O)NCCc2nc(C(=O)O)cs2)cc1Cl. The van der Waals surface area contributed by atoms with Crippen molar-refractivity contribution in [2.75, 3.05) is 13.7 Å². The van der Waals surface area contributed by atoms with E-state index < -0.39 is 5.97 Å². The number of ether oxygens (including phenoxy) is 1. The zero-order chi connectivity index (χ0) is 17.5. The first-order chi connectivity index (χ1) is 11.5. The molecule has 0 unspecified atom stereocenters. The minimum Gasteiger partial charge on any atom is -0.495 e. The van der Waals surface area contributed by atoms with Crippen LogP contribution in [0.3, 0.4) is 0 Å². The number of carbonyl (C=O) groups excluding carboxylic acids is 1. The van der Waals surface area contributed by atoms with Crippen molar-refractivity contribution < 1.29 is 19.4 Å². The van der Waals surface area contributed by atoms with Gasteiger partial charge in [-0.3, -0.25) is 4.79 Å². The second kappa shape index (κ2) is 8.65. The maximum atomic E-state index is 11.8. The Bertz CT molecular complexity index is 733. The number of rotatable bonds is 8. The van der Waals surface area contributed by atoms with Crippen LogP contribution in [-0.2, 0) is 17.6 Å². The lowest BCUT2D eigenvalue weighted by atomic mass is 10.1. The fourth-order valence-corrected chi connectivity index (χ4v) is 3.10. The van der Waals surface area contributed by atoms with E-state index in [1.165, 1.54) is 16.7 Å². The summed E-state index contributed by atoms with van der Waals surface area (Å²) in [6, 6.07) is 5.44. The number of aromatic nitrogens is 1. The summed E-state index contributed by atoms with van der Waals surface area (Å²) >= 11 is 7.32. The number of nitrogens with one attached hydrogen (secondary N) is 1. The summed E-state index contributed by atoms with van der Waals surface area (Å²) in [5.41, 5.74) is 1.000. The predicted molar refractivity (Wildman–Crippen MR) is 92.1 cm³/mol. The Labute approximate surface area is 148 Å². The summed E-state index contributed by atoms with van der Waals surface area (Å²) in [5.74, 6) is -0.509. The monoisotopic (exact) mass is 368 g/mol. The number of aromatic carboxylic acids is 1. The van der Waals surface area contributed by atoms with E-state index in [0.717, 1.165) is 5.56 Å². The third-order valence-corrected chi connectivity index (χ3v) is 4.49. The van der Waals surface area contributed by atoms with Gasteiger partial charge in [-0.2, -0.15) is 0 Å². The molecule has 0 spiro atoms. The van der Waals surface area contributed by atoms with Gasteiger partial charge in [-0.05, 0) is 24.1 Å². The molecule has 2 rings (SSSR count). The Morgan fingerprint density at radius 2 is 2.17 bits per heavy atom. The van der Waals surface area contributed by atoms with Crippen LogP contribution in [0.15, 0.2) is 23.6 Å². The van der Waals surface area contributed by atoms with Crippen LogP contribution < -0.4 is 10.1 Å². The fraction of sp³-hybridized carbons (Fsp3) is 0.312. The Morgan fingerprint density at radius 1 is 1.38 bits per heavy atom. The highest BCUT2D eigenvalue weighted by molar-refractivity contribution is 7.09. The molecule has 0 aliphatic rings. The lowest BCUT2D eigenvalue weighted by Crippen LogP contribution is -2.25. The molecule has 0 radical (unpaired) electrons. The first-order valence-electron chi connectivity index (χ1n) is 7.26. The second-order valence-electron chi connectivity index (χ2n) is 5.00. The lowest BCUT2D eigenvalue weighted by molar-refractivity contribution is -0.121. The van der Waals surface area contributed by atoms with E-state index in [1.807, 2.05) is 6.07 Å². The number of aryl methyl sites for hydroxylation is 1. The number of amides is 1. The van der Waals surface area contributed by atoms with Gasteiger partial charge in [0.1, 0.15) is 5.75 Å². The number of nitrogens with zero attached hydrogens (tertiary/aromatic N) is 1. The molecule has 128 valence electrons. The summed E-state index contributed by atoms with van der Waals surface area (Å²) in [4.78, 5) is 26.6. The van der Waals surface area contributed by atoms with Crippen LogP contribution >= 0.6 is 22.9 Å². The summed E-state index contributed by atoms with van der Waals surface area (Å²) in [6.07, 6.45) is 1.44. The van der Waals surface area contributed by atoms with Crippen molar-refractivity contribution in [3.63, 3.8) is 0 Å². The standard InChI is InChI=1S/C16H17ClN2O4S/c1-23-13-4-2-10(8-11(13)17)3-5-14(20)18-7-6-15-19-12(9-24-15)16(21)22/h2,4,8-9H,3,5-7H2,1H3,(H,18,20)(H,21,22). The van der Waals surface area contributed by atoms with Crippen molar-refractivity contribution in [1.29, 1.82) is 0 Å². The van der Waals surface area contributed by atoms with Gasteiger partial charge < -0.3 is 15.2 Å². The van der Waals surface area contributed by atoms with E-state index >= 15 is 0 Å². The molecule has 1 aromatic heterocycles. The first kappa shape index (κ1) is 18.2. The highest BCUT2D eigenvalue weighted by Crippen LogP contribution is 2.25. The van der Waals surface area contributed by atoms with Crippen molar-refractivity contribution in [2.45, 2.75) is 19.3 Å². The van der Waals surface area contributed by atoms with Gasteiger partial charge in [0.15, 0.2) is 5.69 Å². The van der Waals surface area contributed by atoms with Crippen LogP contribution in [0.2, 0.25) is 5.02 Å². The highest BCUT2D eigenvalue weighted by atomic mass is 35.5. The molecular weight excluding hydrogens is 352 g/mol. The van der Waals surface area contributed by atoms with E-state index in [9.17, 15) is 9.59 Å². The largest absolute Gasteiger partial charge is 0.495 e. The Morgan fingerprint density at radius 3 is 2.79 bits per heavy atom. The maximum absolute atomic E-state index is 11.8. The van der Waals surface area contributed by atoms with Crippen molar-refractivity contribution in [3.8, 4) is 5.75 Å². The molecule has 0 aliphatic carbocycles. The minimum atomic E-state index is -1.04. The first-order valence-corrected chi connectivity index (χ1v) is 8.52. The predicted octanol–water partition coefficient (Wildman–Crippen LogP) is 2.79. The fourth-order valence-electron chi connectivity index (χ4n) is 2.04. The molecule has 0 fully saturated rings. The molecule has 1 aromatic carbocycles. The second-order valence-corrected chi connectivity index (χ2v) is 6.35. The quantitative estimate of drug-likeness (QED) is 0.748. The van der Waals surface area contributed by atoms with Crippen LogP contribution in [0, 0.1) is 0 Å². The summed E-state index contributed by atoms with van der Waals surface area (Å²) in [6.45, 7) is 0.425. The summed E-state index contributed by atoms with van der Waals surface area (Å²) < 4.78 is 5.08. The molecule has 24 heavy (non-hydrogen) atoms. The van der Waals surface area contributed by atoms with Crippen LogP contribution in [-0.4, -0.2) is 35.6 Å². The Balaban J connectivity index is 1.73. The van der Waals surface area contributed by atoms with Crippen molar-refractivity contribution >= 4 is 34.8 Å². The van der Waals surface area contributed by atoms with Gasteiger partial charge in [-0.15, -0.1) is 11.3 Å². The molecule has 0 bridgehead atoms. The van der Waals surface area contributed by atoms with Crippen LogP contribution in [0.5, 0.6) is 5.75 Å². The zero-order valence-corrected chi connectivity index (χ0v) is 14.6. The molecule has 0 aliphatic heterocycles. The third-order valence-electron chi connectivity index (χ3n) is 3.29. The van der Waals surface area contributed by atoms with E-state index in [1.54, 1.807) is 19.2 Å². The smallest absolute Gasteiger partial charge is 0.355 e. The van der Waals surface area contributed by atoms with Crippen LogP contribution in [0.4, 0.5) is 0 Å². The molecule has 2 N–H and O–H groups in total. The normalized spacial score (nSPS) is 10.4. The number of carbonyl (C=O) groups is 2. The van der Waals surface area contributed by atoms with E-state index in [-0.39, 0.29) is 11.6 Å². The average Bonchev–Trinajstić information content (AvgIpc) is 3.02. The maximum Gasteiger partial charge on any atom is 0.355 e. The molecule has 1 amide bonds. The van der Waals surface area contributed by atoms with Gasteiger partial charge in [-0.1, -0.05) is 17.7 Å². The van der Waals surface area contributed by atoms with Crippen molar-refractivity contribution in [3.05, 3.63) is 44.9 Å². The van der Waals surface area contributed by atoms with Gasteiger partial charge in [0, 0.05) is 24.8 Å². The van der Waals surface area contributed by atoms with Crippen LogP contribution in [0.1, 0.15) is 27.5 Å². The zero-order valence-electron chi connectivity index (χ0n) is 13.0. The molecular formula is C16H17ClN2O4S. The van der Waals surface area contributed by atoms with Gasteiger partial charge in [0.05, 0.1) is 17.1 Å². The Kier molecular flexibility index (Phi) is 6.57. The van der Waals surface area contributed by atoms with Crippen LogP contribution in [0.25, 0.3) is 0 Å². The van der Waals surface area contributed by atoms with Gasteiger partial charge in [-0.25, -0.2) is 9.78 Å². The number of methoxy groups -OCH3 is 1. The van der Waals surface area contributed by atoms with E-state index in [0.29, 0.717) is 41.6 Å². The number of carboxylic acid groups (broad SMARTS) is 1. The topological polar surface area (TPSA) is 88.5 Å². The van der Waals surface area contributed by atoms with Gasteiger partial charge >= 0.3 is 5.97 Å². The number of benzene rings is 1. The number of halogens is 1. The summed E-state index contributed by atoms with van der Waals surface area (Å²) in [7, 11) is 1.55. The average molecular weight is 369 g/mol. The number of carboxylic acids is 1. The number of hydrogen-bond acceptors (Lipinski definition) is 5. The third kappa shape index (κ3) is 5.21. The highest BCUT2D eigenvalue weighted by Gasteiger charge is 2.09. The lowest BCUT2D eigenvalue weighted by Gasteiger charge is -2.07. The van der Waals surface area contributed by atoms with Crippen molar-refractivity contribution in [1.82, 2.24) is 10.3 Å². The summed E-state index contributed by atoms with van der Waals surface area (Å²) in [5, 5.41) is 14.3. The molecule has 0 saturated carbocycles. The minimum absolute atomic E-state index is 0.0395. The molecule has 0 saturated heterocycles. The molecule has 1 heterocycles. The van der Waals surface area contributed by atoms with E-state index in [4.69, 9.17) is 21.4 Å². The Hall–Kier alpha value is -2.12. The molecule has 8 heteroatoms.